The molecule has 2 nitrogen and oxygen atoms in total. The zero-order valence-corrected chi connectivity index (χ0v) is 11.7. The second kappa shape index (κ2) is 6.18. The lowest BCUT2D eigenvalue weighted by Gasteiger charge is -2.27. The molecule has 2 atom stereocenters. The zero-order valence-electron chi connectivity index (χ0n) is 11.7. The lowest BCUT2D eigenvalue weighted by molar-refractivity contribution is 0.306. The Kier molecular flexibility index (Phi) is 5.16. The number of hydrogen-bond acceptors (Lipinski definition) is 2. The molecule has 0 aliphatic carbocycles. The van der Waals surface area contributed by atoms with Crippen molar-refractivity contribution in [2.24, 2.45) is 17.7 Å². The molecule has 0 aromatic heterocycles. The number of hydrogen-bond donors (Lipinski definition) is 2. The predicted octanol–water partition coefficient (Wildman–Crippen LogP) is 3.61. The third-order valence-electron chi connectivity index (χ3n) is 3.72. The van der Waals surface area contributed by atoms with E-state index in [1.54, 1.807) is 0 Å². The largest absolute Gasteiger partial charge is 0.271 e. The quantitative estimate of drug-likeness (QED) is 0.603. The Morgan fingerprint density at radius 1 is 0.882 bits per heavy atom. The van der Waals surface area contributed by atoms with Crippen LogP contribution in [0.4, 0.5) is 0 Å². The van der Waals surface area contributed by atoms with Gasteiger partial charge in [-0.2, -0.15) is 0 Å². The Labute approximate surface area is 106 Å². The van der Waals surface area contributed by atoms with E-state index < -0.39 is 0 Å². The van der Waals surface area contributed by atoms with E-state index in [9.17, 15) is 0 Å². The summed E-state index contributed by atoms with van der Waals surface area (Å²) in [7, 11) is 0. The second-order valence-electron chi connectivity index (χ2n) is 5.57. The smallest absolute Gasteiger partial charge is 0.0487 e. The summed E-state index contributed by atoms with van der Waals surface area (Å²) in [5.74, 6) is 7.40. The number of hydrazine groups is 1. The summed E-state index contributed by atoms with van der Waals surface area (Å²) in [5.41, 5.74) is 5.60. The van der Waals surface area contributed by atoms with E-state index in [-0.39, 0.29) is 6.04 Å². The molecule has 1 aromatic rings. The van der Waals surface area contributed by atoms with Crippen LogP contribution in [0.2, 0.25) is 0 Å². The van der Waals surface area contributed by atoms with Crippen molar-refractivity contribution < 1.29 is 0 Å². The van der Waals surface area contributed by atoms with Crippen molar-refractivity contribution in [1.29, 1.82) is 0 Å². The van der Waals surface area contributed by atoms with Gasteiger partial charge in [-0.25, -0.2) is 0 Å². The molecule has 0 aliphatic heterocycles. The van der Waals surface area contributed by atoms with Crippen LogP contribution in [-0.2, 0) is 0 Å². The molecule has 0 fully saturated rings. The summed E-state index contributed by atoms with van der Waals surface area (Å²) in [5, 5.41) is 0. The maximum absolute atomic E-state index is 5.69. The molecule has 0 saturated carbocycles. The van der Waals surface area contributed by atoms with Gasteiger partial charge in [0.15, 0.2) is 0 Å². The van der Waals surface area contributed by atoms with Gasteiger partial charge in [0.25, 0.3) is 0 Å². The highest BCUT2D eigenvalue weighted by atomic mass is 15.2. The highest BCUT2D eigenvalue weighted by Gasteiger charge is 2.20. The number of nitrogens with one attached hydrogen (secondary N) is 1. The van der Waals surface area contributed by atoms with Crippen molar-refractivity contribution in [3.8, 4) is 0 Å². The first-order valence-electron chi connectivity index (χ1n) is 6.53. The van der Waals surface area contributed by atoms with Gasteiger partial charge < -0.3 is 0 Å². The average Bonchev–Trinajstić information content (AvgIpc) is 2.30. The van der Waals surface area contributed by atoms with E-state index in [1.165, 1.54) is 11.1 Å². The maximum Gasteiger partial charge on any atom is 0.0487 e. The van der Waals surface area contributed by atoms with Crippen molar-refractivity contribution in [3.63, 3.8) is 0 Å². The molecule has 0 spiro atoms. The lowest BCUT2D eigenvalue weighted by atomic mass is 9.86. The molecule has 0 saturated heterocycles. The van der Waals surface area contributed by atoms with E-state index >= 15 is 0 Å². The summed E-state index contributed by atoms with van der Waals surface area (Å²) in [6, 6.07) is 9.03. The molecule has 1 rings (SSSR count). The number of nitrogens with two attached hydrogens (primary N) is 1. The van der Waals surface area contributed by atoms with Crippen molar-refractivity contribution in [2.75, 3.05) is 0 Å². The van der Waals surface area contributed by atoms with Crippen LogP contribution in [-0.4, -0.2) is 0 Å². The van der Waals surface area contributed by atoms with Gasteiger partial charge in [-0.1, -0.05) is 58.9 Å². The van der Waals surface area contributed by atoms with Crippen LogP contribution in [0.1, 0.15) is 57.7 Å². The molecule has 0 aliphatic rings. The van der Waals surface area contributed by atoms with E-state index in [2.05, 4.69) is 64.3 Å². The maximum atomic E-state index is 5.69. The van der Waals surface area contributed by atoms with Crippen molar-refractivity contribution in [2.45, 2.75) is 46.6 Å². The molecule has 0 heterocycles. The molecular weight excluding hydrogens is 208 g/mol. The molecule has 3 N–H and O–H groups in total. The fraction of sp³-hybridized carbons (Fsp3) is 0.600. The Morgan fingerprint density at radius 3 is 1.71 bits per heavy atom. The van der Waals surface area contributed by atoms with E-state index in [4.69, 9.17) is 5.84 Å². The monoisotopic (exact) mass is 234 g/mol. The molecule has 0 bridgehead atoms. The summed E-state index contributed by atoms with van der Waals surface area (Å²) in [6.07, 6.45) is 0. The number of rotatable bonds is 5. The van der Waals surface area contributed by atoms with Gasteiger partial charge >= 0.3 is 0 Å². The van der Waals surface area contributed by atoms with Gasteiger partial charge in [0.2, 0.25) is 0 Å². The van der Waals surface area contributed by atoms with Gasteiger partial charge in [-0.05, 0) is 28.9 Å². The minimum Gasteiger partial charge on any atom is -0.271 e. The lowest BCUT2D eigenvalue weighted by Crippen LogP contribution is -2.34. The molecule has 0 amide bonds. The van der Waals surface area contributed by atoms with E-state index in [0.29, 0.717) is 17.8 Å². The van der Waals surface area contributed by atoms with Crippen LogP contribution >= 0.6 is 0 Å². The van der Waals surface area contributed by atoms with Gasteiger partial charge in [0, 0.05) is 6.04 Å². The molecule has 2 heteroatoms. The summed E-state index contributed by atoms with van der Waals surface area (Å²) in [6.45, 7) is 11.1. The average molecular weight is 234 g/mol. The normalized spacial score (nSPS) is 15.3. The Hall–Kier alpha value is -0.860. The molecule has 17 heavy (non-hydrogen) atoms. The van der Waals surface area contributed by atoms with Gasteiger partial charge in [0.05, 0.1) is 0 Å². The third-order valence-corrected chi connectivity index (χ3v) is 3.72. The van der Waals surface area contributed by atoms with Crippen LogP contribution < -0.4 is 11.3 Å². The molecule has 96 valence electrons. The first-order valence-corrected chi connectivity index (χ1v) is 6.53. The van der Waals surface area contributed by atoms with Crippen molar-refractivity contribution in [1.82, 2.24) is 5.43 Å². The van der Waals surface area contributed by atoms with Gasteiger partial charge in [-0.3, -0.25) is 11.3 Å². The van der Waals surface area contributed by atoms with Crippen molar-refractivity contribution in [3.05, 3.63) is 35.4 Å². The van der Waals surface area contributed by atoms with Crippen LogP contribution in [0.15, 0.2) is 24.3 Å². The zero-order chi connectivity index (χ0) is 13.0. The highest BCUT2D eigenvalue weighted by Crippen LogP contribution is 2.28. The minimum absolute atomic E-state index is 0.233. The first-order chi connectivity index (χ1) is 7.97. The van der Waals surface area contributed by atoms with Crippen LogP contribution in [0.5, 0.6) is 0 Å². The Balaban J connectivity index is 2.89. The summed E-state index contributed by atoms with van der Waals surface area (Å²) >= 11 is 0. The Morgan fingerprint density at radius 2 is 1.35 bits per heavy atom. The second-order valence-corrected chi connectivity index (χ2v) is 5.57. The minimum atomic E-state index is 0.233. The predicted molar refractivity (Wildman–Crippen MR) is 74.6 cm³/mol. The van der Waals surface area contributed by atoms with Crippen LogP contribution in [0, 0.1) is 11.8 Å². The fourth-order valence-electron chi connectivity index (χ4n) is 2.02. The van der Waals surface area contributed by atoms with Crippen LogP contribution in [0.3, 0.4) is 0 Å². The highest BCUT2D eigenvalue weighted by molar-refractivity contribution is 5.27. The summed E-state index contributed by atoms with van der Waals surface area (Å²) < 4.78 is 0. The first kappa shape index (κ1) is 14.2. The molecule has 0 radical (unpaired) electrons. The van der Waals surface area contributed by atoms with Crippen LogP contribution in [0.25, 0.3) is 0 Å². The Bertz CT molecular complexity index is 327. The fourth-order valence-corrected chi connectivity index (χ4v) is 2.02. The van der Waals surface area contributed by atoms with E-state index in [1.807, 2.05) is 0 Å². The molecular formula is C15H26N2. The van der Waals surface area contributed by atoms with Crippen molar-refractivity contribution >= 4 is 0 Å². The number of benzene rings is 1. The van der Waals surface area contributed by atoms with E-state index in [0.717, 1.165) is 0 Å². The summed E-state index contributed by atoms with van der Waals surface area (Å²) in [4.78, 5) is 0. The third kappa shape index (κ3) is 3.55. The topological polar surface area (TPSA) is 38.0 Å². The SMILES string of the molecule is CC(C)c1ccc(C(NN)C(C)C(C)C)cc1. The van der Waals surface area contributed by atoms with Gasteiger partial charge in [-0.15, -0.1) is 0 Å². The molecule has 1 aromatic carbocycles. The van der Waals surface area contributed by atoms with Gasteiger partial charge in [0.1, 0.15) is 0 Å². The standard InChI is InChI=1S/C15H26N2/c1-10(2)12(5)15(17-16)14-8-6-13(7-9-14)11(3)4/h6-12,15,17H,16H2,1-5H3. The molecule has 2 unspecified atom stereocenters.